The van der Waals surface area contributed by atoms with E-state index in [0.717, 1.165) is 5.56 Å². The molecule has 0 saturated heterocycles. The summed E-state index contributed by atoms with van der Waals surface area (Å²) in [4.78, 5) is 0. The molecule has 0 spiro atoms. The Morgan fingerprint density at radius 2 is 1.30 bits per heavy atom. The van der Waals surface area contributed by atoms with Gasteiger partial charge in [-0.05, 0) is 35.4 Å². The van der Waals surface area contributed by atoms with Crippen molar-refractivity contribution in [2.75, 3.05) is 7.11 Å². The van der Waals surface area contributed by atoms with E-state index in [1.807, 2.05) is 30.3 Å². The molecule has 2 aromatic carbocycles. The molecule has 2 aromatic rings. The summed E-state index contributed by atoms with van der Waals surface area (Å²) < 4.78 is 5.09. The minimum Gasteiger partial charge on any atom is -0.497 e. The van der Waals surface area contributed by atoms with Crippen LogP contribution < -0.4 is 4.74 Å². The minimum absolute atomic E-state index is 0.362. The predicted octanol–water partition coefficient (Wildman–Crippen LogP) is 3.65. The number of nitriles is 2. The summed E-state index contributed by atoms with van der Waals surface area (Å²) in [7, 11) is 1.58. The predicted molar refractivity (Wildman–Crippen MR) is 77.5 cm³/mol. The van der Waals surface area contributed by atoms with Crippen LogP contribution in [0.25, 0.3) is 11.1 Å². The number of benzene rings is 2. The maximum Gasteiger partial charge on any atom is 0.118 e. The van der Waals surface area contributed by atoms with E-state index in [0.29, 0.717) is 22.5 Å². The highest BCUT2D eigenvalue weighted by Crippen LogP contribution is 2.26. The molecule has 0 N–H and O–H groups in total. The SMILES string of the molecule is COc1ccc(/C(C#N)=C(\C#N)c2ccccc2)cc1. The fourth-order valence-electron chi connectivity index (χ4n) is 1.89. The van der Waals surface area contributed by atoms with Crippen molar-refractivity contribution in [1.82, 2.24) is 0 Å². The van der Waals surface area contributed by atoms with Gasteiger partial charge < -0.3 is 4.74 Å². The summed E-state index contributed by atoms with van der Waals surface area (Å²) in [6, 6.07) is 20.5. The van der Waals surface area contributed by atoms with Crippen LogP contribution in [-0.4, -0.2) is 7.11 Å². The van der Waals surface area contributed by atoms with E-state index < -0.39 is 0 Å². The molecule has 0 radical (unpaired) electrons. The van der Waals surface area contributed by atoms with E-state index in [-0.39, 0.29) is 0 Å². The third-order valence-corrected chi connectivity index (χ3v) is 2.91. The van der Waals surface area contributed by atoms with E-state index >= 15 is 0 Å². The minimum atomic E-state index is 0.362. The second-order valence-electron chi connectivity index (χ2n) is 4.07. The van der Waals surface area contributed by atoms with Gasteiger partial charge in [-0.15, -0.1) is 0 Å². The molecular formula is C17H12N2O. The number of hydrogen-bond acceptors (Lipinski definition) is 3. The van der Waals surface area contributed by atoms with E-state index in [1.54, 1.807) is 31.4 Å². The molecule has 2 rings (SSSR count). The van der Waals surface area contributed by atoms with Crippen LogP contribution in [0.1, 0.15) is 11.1 Å². The van der Waals surface area contributed by atoms with Gasteiger partial charge in [0.05, 0.1) is 18.3 Å². The van der Waals surface area contributed by atoms with Gasteiger partial charge >= 0.3 is 0 Å². The average Bonchev–Trinajstić information content (AvgIpc) is 2.53. The molecule has 0 bridgehead atoms. The third-order valence-electron chi connectivity index (χ3n) is 2.91. The molecule has 0 amide bonds. The highest BCUT2D eigenvalue weighted by molar-refractivity contribution is 6.02. The first-order valence-electron chi connectivity index (χ1n) is 6.04. The van der Waals surface area contributed by atoms with Gasteiger partial charge in [-0.1, -0.05) is 30.3 Å². The highest BCUT2D eigenvalue weighted by atomic mass is 16.5. The van der Waals surface area contributed by atoms with Gasteiger partial charge in [0.1, 0.15) is 17.9 Å². The van der Waals surface area contributed by atoms with Crippen molar-refractivity contribution in [3.05, 3.63) is 65.7 Å². The molecule has 0 aliphatic rings. The van der Waals surface area contributed by atoms with Crippen molar-refractivity contribution in [2.24, 2.45) is 0 Å². The van der Waals surface area contributed by atoms with Gasteiger partial charge in [0, 0.05) is 0 Å². The second-order valence-corrected chi connectivity index (χ2v) is 4.07. The molecule has 0 heterocycles. The van der Waals surface area contributed by atoms with Gasteiger partial charge in [-0.2, -0.15) is 10.5 Å². The Bertz CT molecular complexity index is 701. The maximum absolute atomic E-state index is 9.38. The molecule has 0 fully saturated rings. The molecule has 3 nitrogen and oxygen atoms in total. The summed E-state index contributed by atoms with van der Waals surface area (Å²) in [6.07, 6.45) is 0. The number of rotatable bonds is 3. The van der Waals surface area contributed by atoms with Crippen LogP contribution in [0.15, 0.2) is 54.6 Å². The van der Waals surface area contributed by atoms with Crippen LogP contribution in [0.3, 0.4) is 0 Å². The van der Waals surface area contributed by atoms with E-state index in [4.69, 9.17) is 4.74 Å². The van der Waals surface area contributed by atoms with Crippen LogP contribution >= 0.6 is 0 Å². The summed E-state index contributed by atoms with van der Waals surface area (Å²) in [5.41, 5.74) is 2.18. The Morgan fingerprint density at radius 1 is 0.800 bits per heavy atom. The van der Waals surface area contributed by atoms with E-state index in [9.17, 15) is 10.5 Å². The Labute approximate surface area is 118 Å². The van der Waals surface area contributed by atoms with Crippen LogP contribution in [0, 0.1) is 22.7 Å². The van der Waals surface area contributed by atoms with Crippen molar-refractivity contribution in [3.63, 3.8) is 0 Å². The quantitative estimate of drug-likeness (QED) is 0.625. The highest BCUT2D eigenvalue weighted by Gasteiger charge is 2.11. The zero-order valence-electron chi connectivity index (χ0n) is 11.0. The number of allylic oxidation sites excluding steroid dienone is 2. The van der Waals surface area contributed by atoms with Crippen LogP contribution in [0.4, 0.5) is 0 Å². The Hall–Kier alpha value is -3.04. The second kappa shape index (κ2) is 6.22. The number of nitrogens with zero attached hydrogens (tertiary/aromatic N) is 2. The van der Waals surface area contributed by atoms with Crippen LogP contribution in [0.5, 0.6) is 5.75 Å². The molecule has 0 saturated carbocycles. The lowest BCUT2D eigenvalue weighted by Gasteiger charge is -2.05. The number of hydrogen-bond donors (Lipinski definition) is 0. The normalized spacial score (nSPS) is 10.9. The molecule has 3 heteroatoms. The molecule has 20 heavy (non-hydrogen) atoms. The third kappa shape index (κ3) is 2.68. The Balaban J connectivity index is 2.56. The molecule has 0 unspecified atom stereocenters. The van der Waals surface area contributed by atoms with Gasteiger partial charge in [0.2, 0.25) is 0 Å². The largest absolute Gasteiger partial charge is 0.497 e. The summed E-state index contributed by atoms with van der Waals surface area (Å²) >= 11 is 0. The Morgan fingerprint density at radius 3 is 1.75 bits per heavy atom. The molecule has 0 aromatic heterocycles. The topological polar surface area (TPSA) is 56.8 Å². The zero-order chi connectivity index (χ0) is 14.4. The first kappa shape index (κ1) is 13.4. The molecular weight excluding hydrogens is 248 g/mol. The lowest BCUT2D eigenvalue weighted by Crippen LogP contribution is -1.90. The monoisotopic (exact) mass is 260 g/mol. The van der Waals surface area contributed by atoms with Crippen molar-refractivity contribution in [3.8, 4) is 17.9 Å². The van der Waals surface area contributed by atoms with Crippen molar-refractivity contribution < 1.29 is 4.74 Å². The summed E-state index contributed by atoms with van der Waals surface area (Å²) in [5.74, 6) is 0.712. The van der Waals surface area contributed by atoms with Crippen LogP contribution in [0.2, 0.25) is 0 Å². The van der Waals surface area contributed by atoms with E-state index in [1.165, 1.54) is 0 Å². The van der Waals surface area contributed by atoms with Crippen LogP contribution in [-0.2, 0) is 0 Å². The molecule has 0 aliphatic carbocycles. The summed E-state index contributed by atoms with van der Waals surface area (Å²) in [5, 5.41) is 18.7. The zero-order valence-corrected chi connectivity index (χ0v) is 11.0. The van der Waals surface area contributed by atoms with Crippen molar-refractivity contribution in [2.45, 2.75) is 0 Å². The smallest absolute Gasteiger partial charge is 0.118 e. The molecule has 96 valence electrons. The summed E-state index contributed by atoms with van der Waals surface area (Å²) in [6.45, 7) is 0. The van der Waals surface area contributed by atoms with Crippen molar-refractivity contribution >= 4 is 11.1 Å². The number of ether oxygens (including phenoxy) is 1. The molecule has 0 atom stereocenters. The first-order valence-corrected chi connectivity index (χ1v) is 6.04. The fraction of sp³-hybridized carbons (Fsp3) is 0.0588. The van der Waals surface area contributed by atoms with Gasteiger partial charge in [0.15, 0.2) is 0 Å². The van der Waals surface area contributed by atoms with Crippen molar-refractivity contribution in [1.29, 1.82) is 10.5 Å². The Kier molecular flexibility index (Phi) is 4.17. The first-order chi connectivity index (χ1) is 9.80. The van der Waals surface area contributed by atoms with Gasteiger partial charge in [0.25, 0.3) is 0 Å². The van der Waals surface area contributed by atoms with Gasteiger partial charge in [-0.25, -0.2) is 0 Å². The van der Waals surface area contributed by atoms with Gasteiger partial charge in [-0.3, -0.25) is 0 Å². The number of methoxy groups -OCH3 is 1. The average molecular weight is 260 g/mol. The lowest BCUT2D eigenvalue weighted by molar-refractivity contribution is 0.415. The maximum atomic E-state index is 9.38. The van der Waals surface area contributed by atoms with E-state index in [2.05, 4.69) is 12.1 Å². The fourth-order valence-corrected chi connectivity index (χ4v) is 1.89. The standard InChI is InChI=1S/C17H12N2O/c1-20-15-9-7-14(8-10-15)17(12-19)16(11-18)13-5-3-2-4-6-13/h2-10H,1H3/b17-16+. The lowest BCUT2D eigenvalue weighted by atomic mass is 9.96. The molecule has 0 aliphatic heterocycles.